The van der Waals surface area contributed by atoms with E-state index in [9.17, 15) is 9.90 Å². The molecule has 2 heterocycles. The largest absolute Gasteiger partial charge is 0.507 e. The van der Waals surface area contributed by atoms with E-state index in [0.29, 0.717) is 11.7 Å². The van der Waals surface area contributed by atoms with Gasteiger partial charge in [-0.2, -0.15) is 0 Å². The third-order valence-electron chi connectivity index (χ3n) is 8.58. The fourth-order valence-corrected chi connectivity index (χ4v) is 9.75. The highest BCUT2D eigenvalue weighted by atomic mass is 127. The third-order valence-corrected chi connectivity index (χ3v) is 12.5. The molecule has 0 bridgehead atoms. The number of phenolic OH excluding ortho intramolecular Hbond substituents is 1. The van der Waals surface area contributed by atoms with Crippen molar-refractivity contribution in [2.24, 2.45) is 16.8 Å². The van der Waals surface area contributed by atoms with E-state index in [4.69, 9.17) is 4.99 Å². The molecule has 3 unspecified atom stereocenters. The summed E-state index contributed by atoms with van der Waals surface area (Å²) in [7, 11) is 0. The van der Waals surface area contributed by atoms with Gasteiger partial charge in [0.25, 0.3) is 0 Å². The van der Waals surface area contributed by atoms with Gasteiger partial charge in [-0.25, -0.2) is 0 Å². The van der Waals surface area contributed by atoms with E-state index in [1.54, 1.807) is 6.07 Å². The van der Waals surface area contributed by atoms with E-state index in [1.165, 1.54) is 31.2 Å². The lowest BCUT2D eigenvalue weighted by atomic mass is 9.76. The Balaban J connectivity index is 1.22. The first kappa shape index (κ1) is 26.9. The monoisotopic (exact) mass is 699 g/mol. The Hall–Kier alpha value is -2.26. The van der Waals surface area contributed by atoms with Gasteiger partial charge in [0, 0.05) is 48.5 Å². The minimum Gasteiger partial charge on any atom is -0.507 e. The zero-order valence-electron chi connectivity index (χ0n) is 22.0. The van der Waals surface area contributed by atoms with Crippen LogP contribution < -0.4 is 5.32 Å². The number of carbonyl (C=O) groups excluding carboxylic acids is 1. The van der Waals surface area contributed by atoms with Crippen LogP contribution in [-0.4, -0.2) is 29.9 Å². The van der Waals surface area contributed by atoms with Gasteiger partial charge in [0.15, 0.2) is 0 Å². The highest BCUT2D eigenvalue weighted by molar-refractivity contribution is 14.2. The van der Waals surface area contributed by atoms with Crippen LogP contribution in [0.3, 0.4) is 0 Å². The number of ketones is 1. The highest BCUT2D eigenvalue weighted by Crippen LogP contribution is 2.42. The normalized spacial score (nSPS) is 25.5. The van der Waals surface area contributed by atoms with Crippen LogP contribution in [0.25, 0.3) is 5.70 Å². The summed E-state index contributed by atoms with van der Waals surface area (Å²) in [6, 6.07) is 18.2. The van der Waals surface area contributed by atoms with Crippen LogP contribution in [0.1, 0.15) is 74.8 Å². The predicted molar refractivity (Wildman–Crippen MR) is 171 cm³/mol. The number of rotatable bonds is 6. The van der Waals surface area contributed by atoms with Gasteiger partial charge in [0.1, 0.15) is 23.2 Å². The summed E-state index contributed by atoms with van der Waals surface area (Å²) in [6.07, 6.45) is 11.8. The van der Waals surface area contributed by atoms with Crippen LogP contribution >= 0.6 is 36.9 Å². The van der Waals surface area contributed by atoms with Gasteiger partial charge >= 0.3 is 0 Å². The average Bonchev–Trinajstić information content (AvgIpc) is 3.55. The van der Waals surface area contributed by atoms with Gasteiger partial charge < -0.3 is 10.4 Å². The maximum atomic E-state index is 14.1. The number of fused-ring (bicyclic) bond motifs is 1. The second-order valence-electron chi connectivity index (χ2n) is 11.1. The molecular formula is C32H35BrIN3O2. The highest BCUT2D eigenvalue weighted by Gasteiger charge is 2.36. The molecule has 0 aromatic heterocycles. The number of Topliss-reactive ketones (excluding diaryl/α,β-unsaturated/α-hetero) is 1. The van der Waals surface area contributed by atoms with E-state index in [1.807, 2.05) is 18.2 Å². The van der Waals surface area contributed by atoms with Crippen LogP contribution in [-0.2, 0) is 4.79 Å². The topological polar surface area (TPSA) is 64.9 Å². The number of allylic oxidation sites excluding steroid dienone is 1. The molecule has 2 aromatic rings. The number of hydrogen-bond acceptors (Lipinski definition) is 4. The summed E-state index contributed by atoms with van der Waals surface area (Å²) in [5, 5.41) is 14.0. The van der Waals surface area contributed by atoms with E-state index in [-0.39, 0.29) is 44.6 Å². The number of halogens is 2. The Morgan fingerprint density at radius 3 is 2.54 bits per heavy atom. The van der Waals surface area contributed by atoms with Gasteiger partial charge in [-0.3, -0.25) is 12.9 Å². The summed E-state index contributed by atoms with van der Waals surface area (Å²) < 4.78 is 5.59. The fourth-order valence-electron chi connectivity index (χ4n) is 6.60. The Morgan fingerprint density at radius 1 is 0.974 bits per heavy atom. The average molecular weight is 700 g/mol. The number of para-hydroxylation sites is 1. The molecule has 6 rings (SSSR count). The number of aromatic hydroxyl groups is 1. The van der Waals surface area contributed by atoms with Crippen LogP contribution in [0.5, 0.6) is 5.75 Å². The van der Waals surface area contributed by atoms with Crippen molar-refractivity contribution in [3.63, 3.8) is 0 Å². The molecule has 2 N–H and O–H groups in total. The number of benzene rings is 2. The first-order chi connectivity index (χ1) is 19.1. The second kappa shape index (κ2) is 12.1. The van der Waals surface area contributed by atoms with E-state index >= 15 is 0 Å². The summed E-state index contributed by atoms with van der Waals surface area (Å²) in [6.45, 7) is 0. The minimum absolute atomic E-state index is 0.0463. The zero-order valence-corrected chi connectivity index (χ0v) is 25.8. The van der Waals surface area contributed by atoms with Crippen LogP contribution in [0.15, 0.2) is 76.0 Å². The predicted octanol–water partition coefficient (Wildman–Crippen LogP) is 7.79. The molecule has 2 aromatic carbocycles. The Labute approximate surface area is 249 Å². The SMILES string of the molecule is O=C(C1CCCC(N=C2C=C(c3ccccc3O)NC3=C(Br)C=IN23)CC1)C(c1ccccc1)C1CCCC1. The van der Waals surface area contributed by atoms with Crippen molar-refractivity contribution in [3.05, 3.63) is 82.1 Å². The maximum Gasteiger partial charge on any atom is 0.143 e. The smallest absolute Gasteiger partial charge is 0.143 e. The molecular weight excluding hydrogens is 665 g/mol. The molecule has 0 radical (unpaired) electrons. The van der Waals surface area contributed by atoms with Crippen molar-refractivity contribution in [2.45, 2.75) is 69.7 Å². The zero-order chi connectivity index (χ0) is 26.8. The molecule has 0 spiro atoms. The molecule has 5 nitrogen and oxygen atoms in total. The molecule has 0 saturated heterocycles. The lowest BCUT2D eigenvalue weighted by Crippen LogP contribution is -2.34. The van der Waals surface area contributed by atoms with Crippen molar-refractivity contribution in [2.75, 3.05) is 0 Å². The Kier molecular flexibility index (Phi) is 8.35. The van der Waals surface area contributed by atoms with Crippen molar-refractivity contribution in [3.8, 4) is 5.75 Å². The fraction of sp³-hybridized carbons (Fsp3) is 0.406. The van der Waals surface area contributed by atoms with E-state index in [0.717, 1.165) is 59.5 Å². The summed E-state index contributed by atoms with van der Waals surface area (Å²) >= 11 is 3.35. The molecule has 3 atom stereocenters. The second-order valence-corrected chi connectivity index (χ2v) is 14.1. The number of phenols is 1. The Morgan fingerprint density at radius 2 is 1.74 bits per heavy atom. The third kappa shape index (κ3) is 5.80. The Bertz CT molecular complexity index is 1350. The van der Waals surface area contributed by atoms with Crippen molar-refractivity contribution in [1.29, 1.82) is 0 Å². The molecule has 7 heteroatoms. The van der Waals surface area contributed by atoms with Crippen LogP contribution in [0.4, 0.5) is 0 Å². The summed E-state index contributed by atoms with van der Waals surface area (Å²) in [4.78, 5) is 19.4. The van der Waals surface area contributed by atoms with Gasteiger partial charge in [0.05, 0.1) is 16.2 Å². The molecule has 2 saturated carbocycles. The van der Waals surface area contributed by atoms with Crippen molar-refractivity contribution in [1.82, 2.24) is 8.43 Å². The van der Waals surface area contributed by atoms with E-state index < -0.39 is 0 Å². The number of amidine groups is 1. The number of hydrogen-bond donors (Lipinski definition) is 2. The minimum atomic E-state index is -0.360. The van der Waals surface area contributed by atoms with E-state index in [2.05, 4.69) is 64.8 Å². The standard InChI is InChI=1S/C32H35BrIN3O2/c33-26-20-34-37-29(19-27(36-32(26)37)25-15-6-7-16-28(25)38)35-24-14-8-13-23(17-18-24)31(39)30(22-11-4-5-12-22)21-9-2-1-3-10-21/h1-3,6-7,9-10,15-16,19-20,22-24,30,36,38H,4-5,8,11-14,17-18H2. The van der Waals surface area contributed by atoms with Gasteiger partial charge in [-0.1, -0.05) is 61.7 Å². The lowest BCUT2D eigenvalue weighted by Gasteiger charge is -2.29. The summed E-state index contributed by atoms with van der Waals surface area (Å²) in [5.41, 5.74) is 2.84. The summed E-state index contributed by atoms with van der Waals surface area (Å²) in [5.74, 6) is 3.35. The molecule has 4 aliphatic rings. The van der Waals surface area contributed by atoms with Crippen molar-refractivity contribution >= 4 is 58.3 Å². The first-order valence-electron chi connectivity index (χ1n) is 14.2. The van der Waals surface area contributed by atoms with Crippen molar-refractivity contribution < 1.29 is 9.90 Å². The van der Waals surface area contributed by atoms with Crippen LogP contribution in [0, 0.1) is 11.8 Å². The number of aliphatic imine (C=N–C) groups is 1. The molecule has 2 aliphatic carbocycles. The lowest BCUT2D eigenvalue weighted by molar-refractivity contribution is -0.126. The maximum absolute atomic E-state index is 14.1. The quantitative estimate of drug-likeness (QED) is 0.184. The molecule has 39 heavy (non-hydrogen) atoms. The van der Waals surface area contributed by atoms with Gasteiger partial charge in [-0.15, -0.1) is 0 Å². The number of nitrogens with zero attached hydrogens (tertiary/aromatic N) is 2. The molecule has 204 valence electrons. The molecule has 2 fully saturated rings. The molecule has 2 aliphatic heterocycles. The first-order valence-corrected chi connectivity index (χ1v) is 17.2. The number of nitrogens with one attached hydrogen (secondary N) is 1. The van der Waals surface area contributed by atoms with Gasteiger partial charge in [0.2, 0.25) is 0 Å². The van der Waals surface area contributed by atoms with Gasteiger partial charge in [-0.05, 0) is 78.1 Å². The number of carbonyl (C=O) groups is 1. The molecule has 0 amide bonds. The van der Waals surface area contributed by atoms with Crippen LogP contribution in [0.2, 0.25) is 0 Å².